The Morgan fingerprint density at radius 2 is 2.33 bits per heavy atom. The van der Waals surface area contributed by atoms with Crippen LogP contribution in [0.2, 0.25) is 5.02 Å². The van der Waals surface area contributed by atoms with Crippen molar-refractivity contribution >= 4 is 23.3 Å². The summed E-state index contributed by atoms with van der Waals surface area (Å²) in [5.41, 5.74) is -0.105. The monoisotopic (exact) mass is 351 g/mol. The Morgan fingerprint density at radius 3 is 3.04 bits per heavy atom. The Hall–Kier alpha value is -2.48. The van der Waals surface area contributed by atoms with Crippen molar-refractivity contribution in [2.75, 3.05) is 18.0 Å². The van der Waals surface area contributed by atoms with Gasteiger partial charge in [-0.2, -0.15) is 4.39 Å². The first-order valence-corrected chi connectivity index (χ1v) is 7.75. The largest absolute Gasteiger partial charge is 0.353 e. The molecule has 0 radical (unpaired) electrons. The number of anilines is 1. The van der Waals surface area contributed by atoms with Crippen LogP contribution in [0.3, 0.4) is 0 Å². The van der Waals surface area contributed by atoms with Crippen molar-refractivity contribution in [3.8, 4) is 11.4 Å². The molecule has 1 aliphatic rings. The molecule has 3 heterocycles. The summed E-state index contributed by atoms with van der Waals surface area (Å²) in [7, 11) is 0. The number of H-pyrrole nitrogens is 1. The number of aromatic nitrogens is 3. The number of carbonyl (C=O) groups excluding carboxylic acids is 1. The molecule has 1 saturated heterocycles. The number of aromatic amines is 1. The normalized spacial score (nSPS) is 17.1. The molecule has 0 saturated carbocycles. The summed E-state index contributed by atoms with van der Waals surface area (Å²) in [5, 5.41) is 2.80. The number of halogens is 2. The van der Waals surface area contributed by atoms with Gasteiger partial charge in [-0.3, -0.25) is 9.59 Å². The van der Waals surface area contributed by atoms with Crippen LogP contribution in [0.1, 0.15) is 13.3 Å². The van der Waals surface area contributed by atoms with Crippen LogP contribution in [-0.4, -0.2) is 40.0 Å². The highest BCUT2D eigenvalue weighted by Crippen LogP contribution is 2.26. The van der Waals surface area contributed by atoms with Crippen molar-refractivity contribution < 1.29 is 9.18 Å². The molecule has 2 aromatic rings. The smallest absolute Gasteiger partial charge is 0.272 e. The minimum atomic E-state index is -0.668. The Labute approximate surface area is 141 Å². The van der Waals surface area contributed by atoms with Crippen LogP contribution in [0, 0.1) is 5.95 Å². The number of carbonyl (C=O) groups is 1. The van der Waals surface area contributed by atoms with Gasteiger partial charge in [-0.25, -0.2) is 9.97 Å². The second-order valence-electron chi connectivity index (χ2n) is 5.55. The minimum Gasteiger partial charge on any atom is -0.353 e. The highest BCUT2D eigenvalue weighted by Gasteiger charge is 2.27. The van der Waals surface area contributed by atoms with Gasteiger partial charge < -0.3 is 15.2 Å². The van der Waals surface area contributed by atoms with Crippen LogP contribution in [-0.2, 0) is 4.79 Å². The third kappa shape index (κ3) is 3.38. The maximum Gasteiger partial charge on any atom is 0.272 e. The lowest BCUT2D eigenvalue weighted by atomic mass is 10.2. The molecule has 1 fully saturated rings. The average molecular weight is 352 g/mol. The van der Waals surface area contributed by atoms with Crippen LogP contribution < -0.4 is 15.8 Å². The highest BCUT2D eigenvalue weighted by atomic mass is 35.5. The van der Waals surface area contributed by atoms with Gasteiger partial charge in [0.15, 0.2) is 5.82 Å². The summed E-state index contributed by atoms with van der Waals surface area (Å²) in [6, 6.07) is 2.70. The molecule has 1 amide bonds. The van der Waals surface area contributed by atoms with E-state index in [1.54, 1.807) is 6.07 Å². The standard InChI is InChI=1S/C15H15ClFN5O2/c1-8(23)19-10-3-5-22(7-10)14-12(16)15(24)21-13(20-14)9-2-4-18-11(17)6-9/h2,4,6,10H,3,5,7H2,1H3,(H,19,23)(H,20,21,24)/t10-/m0/s1. The van der Waals surface area contributed by atoms with Crippen LogP contribution in [0.4, 0.5) is 10.2 Å². The molecule has 2 N–H and O–H groups in total. The SMILES string of the molecule is CC(=O)N[C@H]1CCN(c2nc(-c3ccnc(F)c3)[nH]c(=O)c2Cl)C1. The third-order valence-electron chi connectivity index (χ3n) is 3.74. The number of pyridine rings is 1. The van der Waals surface area contributed by atoms with Crippen molar-refractivity contribution in [1.29, 1.82) is 0 Å². The van der Waals surface area contributed by atoms with Crippen LogP contribution in [0.5, 0.6) is 0 Å². The van der Waals surface area contributed by atoms with E-state index in [0.29, 0.717) is 24.5 Å². The molecular weight excluding hydrogens is 337 g/mol. The number of hydrogen-bond donors (Lipinski definition) is 2. The first-order valence-electron chi connectivity index (χ1n) is 7.38. The average Bonchev–Trinajstić information content (AvgIpc) is 2.97. The van der Waals surface area contributed by atoms with Gasteiger partial charge in [0.1, 0.15) is 10.8 Å². The second kappa shape index (κ2) is 6.56. The zero-order valence-corrected chi connectivity index (χ0v) is 13.6. The lowest BCUT2D eigenvalue weighted by molar-refractivity contribution is -0.119. The molecule has 0 spiro atoms. The molecule has 0 aliphatic carbocycles. The molecule has 126 valence electrons. The van der Waals surface area contributed by atoms with Gasteiger partial charge >= 0.3 is 0 Å². The molecular formula is C15H15ClFN5O2. The summed E-state index contributed by atoms with van der Waals surface area (Å²) < 4.78 is 13.3. The zero-order valence-electron chi connectivity index (χ0n) is 12.8. The summed E-state index contributed by atoms with van der Waals surface area (Å²) in [4.78, 5) is 35.5. The number of rotatable bonds is 3. The topological polar surface area (TPSA) is 91.0 Å². The first-order chi connectivity index (χ1) is 11.4. The van der Waals surface area contributed by atoms with Crippen molar-refractivity contribution in [2.24, 2.45) is 0 Å². The fourth-order valence-electron chi connectivity index (χ4n) is 2.70. The van der Waals surface area contributed by atoms with E-state index in [0.717, 1.165) is 6.42 Å². The van der Waals surface area contributed by atoms with Gasteiger partial charge in [-0.1, -0.05) is 11.6 Å². The van der Waals surface area contributed by atoms with Crippen LogP contribution >= 0.6 is 11.6 Å². The predicted molar refractivity (Wildman–Crippen MR) is 87.5 cm³/mol. The zero-order chi connectivity index (χ0) is 17.3. The summed E-state index contributed by atoms with van der Waals surface area (Å²) in [6.07, 6.45) is 2.02. The molecule has 3 rings (SSSR count). The van der Waals surface area contributed by atoms with Gasteiger partial charge in [0.05, 0.1) is 0 Å². The minimum absolute atomic E-state index is 0.0264. The van der Waals surface area contributed by atoms with Gasteiger partial charge in [0.25, 0.3) is 5.56 Å². The summed E-state index contributed by atoms with van der Waals surface area (Å²) >= 11 is 6.10. The third-order valence-corrected chi connectivity index (χ3v) is 4.08. The Bertz CT molecular complexity index is 841. The molecule has 2 aromatic heterocycles. The van der Waals surface area contributed by atoms with E-state index in [9.17, 15) is 14.0 Å². The van der Waals surface area contributed by atoms with Crippen molar-refractivity contribution in [1.82, 2.24) is 20.3 Å². The van der Waals surface area contributed by atoms with E-state index in [4.69, 9.17) is 11.6 Å². The van der Waals surface area contributed by atoms with E-state index >= 15 is 0 Å². The van der Waals surface area contributed by atoms with E-state index in [2.05, 4.69) is 20.3 Å². The highest BCUT2D eigenvalue weighted by molar-refractivity contribution is 6.32. The molecule has 1 atom stereocenters. The van der Waals surface area contributed by atoms with E-state index < -0.39 is 11.5 Å². The van der Waals surface area contributed by atoms with Crippen LogP contribution in [0.15, 0.2) is 23.1 Å². The maximum absolute atomic E-state index is 13.3. The number of nitrogens with zero attached hydrogens (tertiary/aromatic N) is 3. The quantitative estimate of drug-likeness (QED) is 0.814. The van der Waals surface area contributed by atoms with Crippen molar-refractivity contribution in [2.45, 2.75) is 19.4 Å². The fourth-order valence-corrected chi connectivity index (χ4v) is 2.91. The molecule has 0 unspecified atom stereocenters. The molecule has 1 aliphatic heterocycles. The number of nitrogens with one attached hydrogen (secondary N) is 2. The van der Waals surface area contributed by atoms with E-state index in [-0.39, 0.29) is 22.8 Å². The molecule has 9 heteroatoms. The van der Waals surface area contributed by atoms with Gasteiger partial charge in [-0.15, -0.1) is 0 Å². The summed E-state index contributed by atoms with van der Waals surface area (Å²) in [6.45, 7) is 2.56. The second-order valence-corrected chi connectivity index (χ2v) is 5.93. The van der Waals surface area contributed by atoms with Crippen molar-refractivity contribution in [3.63, 3.8) is 0 Å². The number of amides is 1. The predicted octanol–water partition coefficient (Wildman–Crippen LogP) is 1.34. The number of hydrogen-bond acceptors (Lipinski definition) is 5. The summed E-state index contributed by atoms with van der Waals surface area (Å²) in [5.74, 6) is -0.248. The lowest BCUT2D eigenvalue weighted by Crippen LogP contribution is -2.36. The van der Waals surface area contributed by atoms with E-state index in [1.165, 1.54) is 19.2 Å². The Kier molecular flexibility index (Phi) is 4.48. The first kappa shape index (κ1) is 16.4. The molecule has 0 bridgehead atoms. The fraction of sp³-hybridized carbons (Fsp3) is 0.333. The van der Waals surface area contributed by atoms with E-state index in [1.807, 2.05) is 4.90 Å². The molecule has 0 aromatic carbocycles. The van der Waals surface area contributed by atoms with Crippen LogP contribution in [0.25, 0.3) is 11.4 Å². The Morgan fingerprint density at radius 1 is 1.54 bits per heavy atom. The van der Waals surface area contributed by atoms with Crippen molar-refractivity contribution in [3.05, 3.63) is 39.7 Å². The van der Waals surface area contributed by atoms with Gasteiger partial charge in [0.2, 0.25) is 11.9 Å². The van der Waals surface area contributed by atoms with Gasteiger partial charge in [0, 0.05) is 43.9 Å². The lowest BCUT2D eigenvalue weighted by Gasteiger charge is -2.19. The molecule has 24 heavy (non-hydrogen) atoms. The molecule has 7 nitrogen and oxygen atoms in total. The maximum atomic E-state index is 13.3. The van der Waals surface area contributed by atoms with Gasteiger partial charge in [-0.05, 0) is 12.5 Å². The Balaban J connectivity index is 1.94.